The lowest BCUT2D eigenvalue weighted by molar-refractivity contribution is 0.0927. The fourth-order valence-electron chi connectivity index (χ4n) is 3.52. The molecule has 3 rings (SSSR count). The highest BCUT2D eigenvalue weighted by molar-refractivity contribution is 5.99. The molecule has 0 radical (unpaired) electrons. The average molecular weight is 417 g/mol. The topological polar surface area (TPSA) is 70.7 Å². The lowest BCUT2D eigenvalue weighted by Crippen LogP contribution is -2.45. The van der Waals surface area contributed by atoms with Gasteiger partial charge in [0.25, 0.3) is 11.8 Å². The van der Waals surface area contributed by atoms with Crippen LogP contribution >= 0.6 is 0 Å². The molecule has 0 saturated carbocycles. The van der Waals surface area contributed by atoms with Gasteiger partial charge in [-0.15, -0.1) is 0 Å². The van der Waals surface area contributed by atoms with Crippen LogP contribution in [0.15, 0.2) is 42.5 Å². The van der Waals surface area contributed by atoms with Crippen LogP contribution in [0.25, 0.3) is 0 Å². The van der Waals surface area contributed by atoms with Crippen LogP contribution in [0.4, 0.5) is 14.5 Å². The third-order valence-corrected chi connectivity index (χ3v) is 5.04. The first kappa shape index (κ1) is 21.7. The third kappa shape index (κ3) is 5.54. The third-order valence-electron chi connectivity index (χ3n) is 5.04. The fraction of sp³-hybridized carbons (Fsp3) is 0.364. The van der Waals surface area contributed by atoms with Gasteiger partial charge >= 0.3 is 0 Å². The maximum Gasteiger partial charge on any atom is 0.253 e. The van der Waals surface area contributed by atoms with E-state index in [9.17, 15) is 18.4 Å². The van der Waals surface area contributed by atoms with Crippen LogP contribution in [0.3, 0.4) is 0 Å². The van der Waals surface area contributed by atoms with Crippen molar-refractivity contribution in [1.29, 1.82) is 0 Å². The maximum atomic E-state index is 13.3. The second-order valence-corrected chi connectivity index (χ2v) is 7.16. The summed E-state index contributed by atoms with van der Waals surface area (Å²) in [6.45, 7) is 2.16. The predicted octanol–water partition coefficient (Wildman–Crippen LogP) is 2.74. The van der Waals surface area contributed by atoms with Gasteiger partial charge in [-0.25, -0.2) is 8.78 Å². The molecule has 1 aliphatic heterocycles. The van der Waals surface area contributed by atoms with Crippen LogP contribution in [0.2, 0.25) is 0 Å². The van der Waals surface area contributed by atoms with Gasteiger partial charge < -0.3 is 20.3 Å². The number of piperidine rings is 1. The number of para-hydroxylation sites is 1. The molecule has 0 aliphatic carbocycles. The minimum atomic E-state index is -0.782. The minimum absolute atomic E-state index is 0.0343. The fourth-order valence-corrected chi connectivity index (χ4v) is 3.52. The van der Waals surface area contributed by atoms with Gasteiger partial charge in [0.1, 0.15) is 11.6 Å². The van der Waals surface area contributed by atoms with E-state index in [4.69, 9.17) is 4.74 Å². The molecule has 1 saturated heterocycles. The van der Waals surface area contributed by atoms with Gasteiger partial charge in [-0.3, -0.25) is 9.59 Å². The molecule has 2 aromatic carbocycles. The van der Waals surface area contributed by atoms with Crippen molar-refractivity contribution in [3.63, 3.8) is 0 Å². The summed E-state index contributed by atoms with van der Waals surface area (Å²) in [7, 11) is 1.58. The number of ether oxygens (including phenoxy) is 1. The number of methoxy groups -OCH3 is 1. The Morgan fingerprint density at radius 1 is 1.07 bits per heavy atom. The van der Waals surface area contributed by atoms with Gasteiger partial charge in [0.15, 0.2) is 0 Å². The zero-order chi connectivity index (χ0) is 21.5. The Morgan fingerprint density at radius 2 is 1.73 bits per heavy atom. The highest BCUT2D eigenvalue weighted by Gasteiger charge is 2.24. The standard InChI is InChI=1S/C22H25F2N3O3/c1-30-11-8-25-22(29)19-4-2-3-5-20(19)27-9-6-18(7-10-27)26-21(28)15-12-16(23)14-17(24)13-15/h2-5,12-14,18H,6-11H2,1H3,(H,25,29)(H,26,28). The average Bonchev–Trinajstić information content (AvgIpc) is 2.73. The number of benzene rings is 2. The van der Waals surface area contributed by atoms with E-state index in [1.807, 2.05) is 18.2 Å². The van der Waals surface area contributed by atoms with Crippen molar-refractivity contribution in [2.45, 2.75) is 18.9 Å². The summed E-state index contributed by atoms with van der Waals surface area (Å²) in [4.78, 5) is 26.9. The number of hydrogen-bond acceptors (Lipinski definition) is 4. The van der Waals surface area contributed by atoms with Crippen molar-refractivity contribution in [1.82, 2.24) is 10.6 Å². The zero-order valence-corrected chi connectivity index (χ0v) is 16.8. The summed E-state index contributed by atoms with van der Waals surface area (Å²) < 4.78 is 31.6. The van der Waals surface area contributed by atoms with Crippen molar-refractivity contribution in [3.05, 3.63) is 65.2 Å². The van der Waals surface area contributed by atoms with E-state index in [0.717, 1.165) is 23.9 Å². The van der Waals surface area contributed by atoms with Gasteiger partial charge in [0.05, 0.1) is 12.2 Å². The second-order valence-electron chi connectivity index (χ2n) is 7.16. The van der Waals surface area contributed by atoms with Gasteiger partial charge in [0, 0.05) is 50.1 Å². The van der Waals surface area contributed by atoms with Crippen molar-refractivity contribution < 1.29 is 23.1 Å². The highest BCUT2D eigenvalue weighted by Crippen LogP contribution is 2.24. The molecule has 0 unspecified atom stereocenters. The Morgan fingerprint density at radius 3 is 2.40 bits per heavy atom. The van der Waals surface area contributed by atoms with Crippen LogP contribution in [-0.4, -0.2) is 51.2 Å². The van der Waals surface area contributed by atoms with Gasteiger partial charge in [0.2, 0.25) is 0 Å². The summed E-state index contributed by atoms with van der Waals surface area (Å²) >= 11 is 0. The molecular formula is C22H25F2N3O3. The number of anilines is 1. The summed E-state index contributed by atoms with van der Waals surface area (Å²) in [5.41, 5.74) is 1.39. The van der Waals surface area contributed by atoms with Gasteiger partial charge in [-0.1, -0.05) is 12.1 Å². The lowest BCUT2D eigenvalue weighted by atomic mass is 10.0. The monoisotopic (exact) mass is 417 g/mol. The zero-order valence-electron chi connectivity index (χ0n) is 16.8. The minimum Gasteiger partial charge on any atom is -0.383 e. The lowest BCUT2D eigenvalue weighted by Gasteiger charge is -2.35. The van der Waals surface area contributed by atoms with Crippen LogP contribution in [0, 0.1) is 11.6 Å². The molecule has 0 aromatic heterocycles. The van der Waals surface area contributed by atoms with E-state index in [1.54, 1.807) is 13.2 Å². The Labute approximate surface area is 174 Å². The van der Waals surface area contributed by atoms with E-state index in [-0.39, 0.29) is 17.5 Å². The number of halogens is 2. The second kappa shape index (κ2) is 10.2. The van der Waals surface area contributed by atoms with Crippen LogP contribution in [0.5, 0.6) is 0 Å². The number of amides is 2. The van der Waals surface area contributed by atoms with Gasteiger partial charge in [-0.05, 0) is 37.1 Å². The largest absolute Gasteiger partial charge is 0.383 e. The summed E-state index contributed by atoms with van der Waals surface area (Å²) in [6.07, 6.45) is 1.31. The SMILES string of the molecule is COCCNC(=O)c1ccccc1N1CCC(NC(=O)c2cc(F)cc(F)c2)CC1. The molecule has 2 amide bonds. The number of carbonyl (C=O) groups is 2. The Balaban J connectivity index is 1.59. The van der Waals surface area contributed by atoms with E-state index in [1.165, 1.54) is 0 Å². The number of carbonyl (C=O) groups excluding carboxylic acids is 2. The smallest absolute Gasteiger partial charge is 0.253 e. The van der Waals surface area contributed by atoms with E-state index in [2.05, 4.69) is 15.5 Å². The molecule has 2 N–H and O–H groups in total. The molecule has 0 spiro atoms. The summed E-state index contributed by atoms with van der Waals surface area (Å²) in [6, 6.07) is 10.1. The number of nitrogens with one attached hydrogen (secondary N) is 2. The molecule has 1 fully saturated rings. The van der Waals surface area contributed by atoms with Crippen molar-refractivity contribution in [2.24, 2.45) is 0 Å². The van der Waals surface area contributed by atoms with E-state index < -0.39 is 17.5 Å². The molecule has 160 valence electrons. The maximum absolute atomic E-state index is 13.3. The highest BCUT2D eigenvalue weighted by atomic mass is 19.1. The first-order valence-electron chi connectivity index (χ1n) is 9.86. The van der Waals surface area contributed by atoms with Crippen molar-refractivity contribution >= 4 is 17.5 Å². The Bertz CT molecular complexity index is 879. The van der Waals surface area contributed by atoms with E-state index in [0.29, 0.717) is 44.6 Å². The summed E-state index contributed by atoms with van der Waals surface area (Å²) in [5.74, 6) is -2.22. The molecule has 2 aromatic rings. The molecule has 30 heavy (non-hydrogen) atoms. The van der Waals surface area contributed by atoms with Crippen LogP contribution in [0.1, 0.15) is 33.6 Å². The quantitative estimate of drug-likeness (QED) is 0.680. The molecule has 1 heterocycles. The van der Waals surface area contributed by atoms with Crippen molar-refractivity contribution in [2.75, 3.05) is 38.3 Å². The predicted molar refractivity (Wildman–Crippen MR) is 110 cm³/mol. The van der Waals surface area contributed by atoms with Crippen molar-refractivity contribution in [3.8, 4) is 0 Å². The van der Waals surface area contributed by atoms with Gasteiger partial charge in [-0.2, -0.15) is 0 Å². The molecule has 0 bridgehead atoms. The normalized spacial score (nSPS) is 14.4. The number of rotatable bonds is 7. The first-order valence-corrected chi connectivity index (χ1v) is 9.86. The molecule has 8 heteroatoms. The molecular weight excluding hydrogens is 392 g/mol. The number of nitrogens with zero attached hydrogens (tertiary/aromatic N) is 1. The summed E-state index contributed by atoms with van der Waals surface area (Å²) in [5, 5.41) is 5.67. The molecule has 6 nitrogen and oxygen atoms in total. The first-order chi connectivity index (χ1) is 14.5. The molecule has 1 aliphatic rings. The molecule has 0 atom stereocenters. The van der Waals surface area contributed by atoms with E-state index >= 15 is 0 Å². The Kier molecular flexibility index (Phi) is 7.35. The van der Waals surface area contributed by atoms with Crippen LogP contribution < -0.4 is 15.5 Å². The van der Waals surface area contributed by atoms with Crippen LogP contribution in [-0.2, 0) is 4.74 Å². The number of hydrogen-bond donors (Lipinski definition) is 2. The Hall–Kier alpha value is -3.00.